The van der Waals surface area contributed by atoms with Crippen molar-refractivity contribution < 1.29 is 4.74 Å². The molecule has 1 saturated carbocycles. The molecule has 0 bridgehead atoms. The van der Waals surface area contributed by atoms with E-state index >= 15 is 0 Å². The highest BCUT2D eigenvalue weighted by Gasteiger charge is 2.42. The summed E-state index contributed by atoms with van der Waals surface area (Å²) in [6, 6.07) is 8.38. The maximum Gasteiger partial charge on any atom is 0.119 e. The van der Waals surface area contributed by atoms with Gasteiger partial charge >= 0.3 is 0 Å². The molecule has 1 aliphatic rings. The Hall–Kier alpha value is -1.22. The van der Waals surface area contributed by atoms with E-state index in [0.29, 0.717) is 5.41 Å². The van der Waals surface area contributed by atoms with E-state index in [-0.39, 0.29) is 0 Å². The zero-order valence-electron chi connectivity index (χ0n) is 11.7. The van der Waals surface area contributed by atoms with E-state index in [0.717, 1.165) is 25.4 Å². The van der Waals surface area contributed by atoms with Gasteiger partial charge in [0.05, 0.1) is 6.61 Å². The summed E-state index contributed by atoms with van der Waals surface area (Å²) in [4.78, 5) is 2.35. The van der Waals surface area contributed by atoms with E-state index in [1.54, 1.807) is 0 Å². The fraction of sp³-hybridized carbons (Fsp3) is 0.600. The van der Waals surface area contributed by atoms with E-state index in [9.17, 15) is 0 Å². The summed E-state index contributed by atoms with van der Waals surface area (Å²) >= 11 is 0. The Morgan fingerprint density at radius 3 is 2.44 bits per heavy atom. The van der Waals surface area contributed by atoms with Crippen LogP contribution in [0, 0.1) is 5.41 Å². The van der Waals surface area contributed by atoms with Crippen molar-refractivity contribution in [1.29, 1.82) is 0 Å². The predicted octanol–water partition coefficient (Wildman–Crippen LogP) is 2.52. The Bertz CT molecular complexity index is 371. The summed E-state index contributed by atoms with van der Waals surface area (Å²) in [5.74, 6) is 0.950. The van der Waals surface area contributed by atoms with Crippen molar-refractivity contribution in [2.75, 3.05) is 38.7 Å². The van der Waals surface area contributed by atoms with Crippen LogP contribution in [0.4, 0.5) is 5.69 Å². The molecule has 1 N–H and O–H groups in total. The molecule has 0 spiro atoms. The molecule has 0 unspecified atom stereocenters. The number of rotatable bonds is 7. The van der Waals surface area contributed by atoms with Gasteiger partial charge in [0.1, 0.15) is 5.75 Å². The van der Waals surface area contributed by atoms with Gasteiger partial charge in [-0.1, -0.05) is 0 Å². The van der Waals surface area contributed by atoms with Gasteiger partial charge in [-0.25, -0.2) is 0 Å². The minimum atomic E-state index is 0.502. The summed E-state index contributed by atoms with van der Waals surface area (Å²) < 4.78 is 5.46. The number of anilines is 1. The Labute approximate surface area is 110 Å². The smallest absolute Gasteiger partial charge is 0.119 e. The van der Waals surface area contributed by atoms with Gasteiger partial charge in [0.2, 0.25) is 0 Å². The van der Waals surface area contributed by atoms with E-state index in [2.05, 4.69) is 29.4 Å². The van der Waals surface area contributed by atoms with Crippen LogP contribution in [-0.4, -0.2) is 33.8 Å². The molecule has 1 fully saturated rings. The van der Waals surface area contributed by atoms with Gasteiger partial charge < -0.3 is 15.0 Å². The van der Waals surface area contributed by atoms with Crippen LogP contribution in [0.25, 0.3) is 0 Å². The topological polar surface area (TPSA) is 24.5 Å². The number of nitrogens with one attached hydrogen (secondary N) is 1. The zero-order chi connectivity index (χ0) is 13.0. The van der Waals surface area contributed by atoms with Crippen LogP contribution >= 0.6 is 0 Å². The Morgan fingerprint density at radius 1 is 1.28 bits per heavy atom. The molecule has 0 aromatic heterocycles. The zero-order valence-corrected chi connectivity index (χ0v) is 11.7. The summed E-state index contributed by atoms with van der Waals surface area (Å²) in [5, 5.41) is 3.31. The fourth-order valence-electron chi connectivity index (χ4n) is 2.50. The van der Waals surface area contributed by atoms with Crippen molar-refractivity contribution in [3.8, 4) is 5.75 Å². The number of nitrogens with zero attached hydrogens (tertiary/aromatic N) is 1. The number of ether oxygens (including phenoxy) is 1. The molecule has 1 aromatic carbocycles. The predicted molar refractivity (Wildman–Crippen MR) is 76.5 cm³/mol. The van der Waals surface area contributed by atoms with Gasteiger partial charge in [-0.15, -0.1) is 0 Å². The number of benzene rings is 1. The first-order valence-corrected chi connectivity index (χ1v) is 6.78. The summed E-state index contributed by atoms with van der Waals surface area (Å²) in [6.45, 7) is 4.98. The second-order valence-electron chi connectivity index (χ2n) is 5.31. The maximum absolute atomic E-state index is 5.46. The van der Waals surface area contributed by atoms with Crippen molar-refractivity contribution in [3.05, 3.63) is 24.3 Å². The molecule has 0 heterocycles. The Morgan fingerprint density at radius 2 is 1.94 bits per heavy atom. The monoisotopic (exact) mass is 248 g/mol. The van der Waals surface area contributed by atoms with Crippen LogP contribution < -0.4 is 15.0 Å². The normalized spacial score (nSPS) is 16.4. The van der Waals surface area contributed by atoms with Crippen LogP contribution in [0.15, 0.2) is 24.3 Å². The third kappa shape index (κ3) is 3.16. The van der Waals surface area contributed by atoms with Gasteiger partial charge in [-0.3, -0.25) is 0 Å². The van der Waals surface area contributed by atoms with E-state index in [1.165, 1.54) is 18.5 Å². The molecule has 1 aliphatic carbocycles. The lowest BCUT2D eigenvalue weighted by atomic mass is 10.1. The molecule has 0 amide bonds. The molecule has 3 heteroatoms. The largest absolute Gasteiger partial charge is 0.494 e. The first kappa shape index (κ1) is 13.2. The lowest BCUT2D eigenvalue weighted by molar-refractivity contribution is 0.340. The quantitative estimate of drug-likeness (QED) is 0.802. The standard InChI is InChI=1S/C15H24N2O/c1-4-18-14-7-5-13(6-8-14)17(3)12-15(9-10-15)11-16-2/h5-8,16H,4,9-12H2,1-3H3. The van der Waals surface area contributed by atoms with Crippen LogP contribution in [0.2, 0.25) is 0 Å². The molecule has 100 valence electrons. The maximum atomic E-state index is 5.46. The molecule has 1 aromatic rings. The van der Waals surface area contributed by atoms with Crippen molar-refractivity contribution in [2.45, 2.75) is 19.8 Å². The highest BCUT2D eigenvalue weighted by atomic mass is 16.5. The first-order valence-electron chi connectivity index (χ1n) is 6.78. The minimum absolute atomic E-state index is 0.502. The third-order valence-electron chi connectivity index (χ3n) is 3.67. The molecule has 3 nitrogen and oxygen atoms in total. The molecule has 0 radical (unpaired) electrons. The SMILES string of the molecule is CCOc1ccc(N(C)CC2(CNC)CC2)cc1. The highest BCUT2D eigenvalue weighted by Crippen LogP contribution is 2.45. The molecular formula is C15H24N2O. The van der Waals surface area contributed by atoms with Gasteiger partial charge in [0.15, 0.2) is 0 Å². The van der Waals surface area contributed by atoms with Crippen LogP contribution in [-0.2, 0) is 0 Å². The third-order valence-corrected chi connectivity index (χ3v) is 3.67. The molecule has 2 rings (SSSR count). The average molecular weight is 248 g/mol. The van der Waals surface area contributed by atoms with Crippen LogP contribution in [0.5, 0.6) is 5.75 Å². The van der Waals surface area contributed by atoms with Crippen LogP contribution in [0.3, 0.4) is 0 Å². The van der Waals surface area contributed by atoms with Crippen molar-refractivity contribution in [1.82, 2.24) is 5.32 Å². The molecule has 18 heavy (non-hydrogen) atoms. The molecule has 0 saturated heterocycles. The highest BCUT2D eigenvalue weighted by molar-refractivity contribution is 5.48. The van der Waals surface area contributed by atoms with Crippen molar-refractivity contribution >= 4 is 5.69 Å². The van der Waals surface area contributed by atoms with Gasteiger partial charge in [0.25, 0.3) is 0 Å². The van der Waals surface area contributed by atoms with Gasteiger partial charge in [-0.05, 0) is 51.1 Å². The van der Waals surface area contributed by atoms with Crippen molar-refractivity contribution in [2.24, 2.45) is 5.41 Å². The molecular weight excluding hydrogens is 224 g/mol. The van der Waals surface area contributed by atoms with E-state index in [1.807, 2.05) is 26.1 Å². The van der Waals surface area contributed by atoms with Crippen molar-refractivity contribution in [3.63, 3.8) is 0 Å². The minimum Gasteiger partial charge on any atom is -0.494 e. The molecule has 0 aliphatic heterocycles. The summed E-state index contributed by atoms with van der Waals surface area (Å²) in [6.07, 6.45) is 2.68. The number of hydrogen-bond acceptors (Lipinski definition) is 3. The van der Waals surface area contributed by atoms with Gasteiger partial charge in [-0.2, -0.15) is 0 Å². The average Bonchev–Trinajstić information content (AvgIpc) is 3.10. The van der Waals surface area contributed by atoms with E-state index in [4.69, 9.17) is 4.74 Å². The van der Waals surface area contributed by atoms with Gasteiger partial charge in [0, 0.05) is 31.2 Å². The Kier molecular flexibility index (Phi) is 4.12. The lowest BCUT2D eigenvalue weighted by Gasteiger charge is -2.25. The fourth-order valence-corrected chi connectivity index (χ4v) is 2.50. The Balaban J connectivity index is 1.94. The second kappa shape index (κ2) is 5.61. The summed E-state index contributed by atoms with van der Waals surface area (Å²) in [5.41, 5.74) is 1.77. The second-order valence-corrected chi connectivity index (χ2v) is 5.31. The summed E-state index contributed by atoms with van der Waals surface area (Å²) in [7, 11) is 4.21. The van der Waals surface area contributed by atoms with Crippen LogP contribution in [0.1, 0.15) is 19.8 Å². The van der Waals surface area contributed by atoms with E-state index < -0.39 is 0 Å². The first-order chi connectivity index (χ1) is 8.69. The number of hydrogen-bond donors (Lipinski definition) is 1. The molecule has 0 atom stereocenters. The lowest BCUT2D eigenvalue weighted by Crippen LogP contribution is -2.32.